The lowest BCUT2D eigenvalue weighted by Crippen LogP contribution is -1.99. The third kappa shape index (κ3) is 2.53. The number of hydrogen-bond acceptors (Lipinski definition) is 3. The summed E-state index contributed by atoms with van der Waals surface area (Å²) in [5.74, 6) is -0.264. The summed E-state index contributed by atoms with van der Waals surface area (Å²) in [6, 6.07) is 13.3. The number of aromatic nitrogens is 3. The summed E-state index contributed by atoms with van der Waals surface area (Å²) in [5, 5.41) is 8.32. The highest BCUT2D eigenvalue weighted by molar-refractivity contribution is 5.94. The average Bonchev–Trinajstić information content (AvgIpc) is 2.90. The summed E-state index contributed by atoms with van der Waals surface area (Å²) in [6.45, 7) is 3.43. The maximum absolute atomic E-state index is 13.0. The van der Waals surface area contributed by atoms with E-state index in [-0.39, 0.29) is 11.6 Å². The number of carbonyl (C=O) groups is 1. The van der Waals surface area contributed by atoms with Crippen LogP contribution in [0.25, 0.3) is 16.9 Å². The van der Waals surface area contributed by atoms with Crippen LogP contribution in [0.4, 0.5) is 4.39 Å². The maximum atomic E-state index is 13.0. The third-order valence-electron chi connectivity index (χ3n) is 3.53. The van der Waals surface area contributed by atoms with Crippen LogP contribution in [-0.2, 0) is 0 Å². The number of Topliss-reactive ketones (excluding diaryl/α,β-unsaturated/α-hetero) is 1. The Kier molecular flexibility index (Phi) is 3.55. The van der Waals surface area contributed by atoms with Crippen molar-refractivity contribution in [1.29, 1.82) is 0 Å². The van der Waals surface area contributed by atoms with Gasteiger partial charge in [0, 0.05) is 11.1 Å². The molecule has 0 N–H and O–H groups in total. The molecular formula is C17H14FN3O. The molecule has 22 heavy (non-hydrogen) atoms. The summed E-state index contributed by atoms with van der Waals surface area (Å²) in [4.78, 5) is 11.3. The van der Waals surface area contributed by atoms with Crippen molar-refractivity contribution in [3.8, 4) is 16.9 Å². The van der Waals surface area contributed by atoms with Crippen molar-refractivity contribution in [1.82, 2.24) is 15.0 Å². The minimum absolute atomic E-state index is 0.0261. The van der Waals surface area contributed by atoms with Crippen LogP contribution in [0.15, 0.2) is 48.5 Å². The van der Waals surface area contributed by atoms with E-state index in [1.165, 1.54) is 19.1 Å². The molecule has 0 atom stereocenters. The third-order valence-corrected chi connectivity index (χ3v) is 3.53. The molecule has 110 valence electrons. The van der Waals surface area contributed by atoms with Crippen molar-refractivity contribution >= 4 is 5.78 Å². The molecule has 5 heteroatoms. The Labute approximate surface area is 127 Å². The second kappa shape index (κ2) is 5.52. The SMILES string of the molecule is CC(=O)c1ccc(-c2nnn(-c3ccc(F)cc3)c2C)cc1. The summed E-state index contributed by atoms with van der Waals surface area (Å²) in [5.41, 5.74) is 3.88. The summed E-state index contributed by atoms with van der Waals surface area (Å²) < 4.78 is 14.7. The van der Waals surface area contributed by atoms with Crippen molar-refractivity contribution in [2.45, 2.75) is 13.8 Å². The Balaban J connectivity index is 1.99. The highest BCUT2D eigenvalue weighted by Crippen LogP contribution is 2.23. The molecular weight excluding hydrogens is 281 g/mol. The second-order valence-electron chi connectivity index (χ2n) is 5.05. The molecule has 0 spiro atoms. The average molecular weight is 295 g/mol. The molecule has 0 bridgehead atoms. The van der Waals surface area contributed by atoms with E-state index in [9.17, 15) is 9.18 Å². The van der Waals surface area contributed by atoms with Crippen LogP contribution in [-0.4, -0.2) is 20.8 Å². The van der Waals surface area contributed by atoms with Gasteiger partial charge in [-0.2, -0.15) is 0 Å². The van der Waals surface area contributed by atoms with Crippen LogP contribution in [0.5, 0.6) is 0 Å². The number of hydrogen-bond donors (Lipinski definition) is 0. The van der Waals surface area contributed by atoms with E-state index >= 15 is 0 Å². The van der Waals surface area contributed by atoms with Gasteiger partial charge in [-0.05, 0) is 38.1 Å². The van der Waals surface area contributed by atoms with Crippen LogP contribution < -0.4 is 0 Å². The Hall–Kier alpha value is -2.82. The van der Waals surface area contributed by atoms with Gasteiger partial charge in [-0.1, -0.05) is 29.5 Å². The highest BCUT2D eigenvalue weighted by atomic mass is 19.1. The van der Waals surface area contributed by atoms with E-state index in [2.05, 4.69) is 10.3 Å². The zero-order chi connectivity index (χ0) is 15.7. The van der Waals surface area contributed by atoms with E-state index in [1.54, 1.807) is 28.9 Å². The van der Waals surface area contributed by atoms with E-state index in [1.807, 2.05) is 19.1 Å². The molecule has 3 rings (SSSR count). The van der Waals surface area contributed by atoms with Gasteiger partial charge in [-0.25, -0.2) is 9.07 Å². The van der Waals surface area contributed by atoms with Gasteiger partial charge in [0.15, 0.2) is 5.78 Å². The number of rotatable bonds is 3. The Morgan fingerprint density at radius 1 is 1.05 bits per heavy atom. The van der Waals surface area contributed by atoms with Crippen LogP contribution in [0.3, 0.4) is 0 Å². The predicted octanol–water partition coefficient (Wildman–Crippen LogP) is 3.58. The van der Waals surface area contributed by atoms with Crippen molar-refractivity contribution in [3.05, 3.63) is 65.6 Å². The number of benzene rings is 2. The largest absolute Gasteiger partial charge is 0.295 e. The van der Waals surface area contributed by atoms with Crippen LogP contribution in [0.2, 0.25) is 0 Å². The van der Waals surface area contributed by atoms with E-state index in [4.69, 9.17) is 0 Å². The lowest BCUT2D eigenvalue weighted by Gasteiger charge is -2.04. The fraction of sp³-hybridized carbons (Fsp3) is 0.118. The normalized spacial score (nSPS) is 10.7. The van der Waals surface area contributed by atoms with Gasteiger partial charge in [0.25, 0.3) is 0 Å². The predicted molar refractivity (Wildman–Crippen MR) is 81.5 cm³/mol. The first-order valence-corrected chi connectivity index (χ1v) is 6.86. The van der Waals surface area contributed by atoms with Gasteiger partial charge >= 0.3 is 0 Å². The van der Waals surface area contributed by atoms with Gasteiger partial charge in [-0.15, -0.1) is 5.10 Å². The Bertz CT molecular complexity index is 820. The molecule has 0 aliphatic carbocycles. The monoisotopic (exact) mass is 295 g/mol. The van der Waals surface area contributed by atoms with Crippen LogP contribution in [0, 0.1) is 12.7 Å². The number of carbonyl (C=O) groups excluding carboxylic acids is 1. The highest BCUT2D eigenvalue weighted by Gasteiger charge is 2.12. The van der Waals surface area contributed by atoms with Crippen molar-refractivity contribution in [2.24, 2.45) is 0 Å². The van der Waals surface area contributed by atoms with Crippen molar-refractivity contribution < 1.29 is 9.18 Å². The standard InChI is InChI=1S/C17H14FN3O/c1-11-17(14-5-3-13(4-6-14)12(2)22)19-20-21(11)16-9-7-15(18)8-10-16/h3-10H,1-2H3. The van der Waals surface area contributed by atoms with E-state index in [0.29, 0.717) is 5.56 Å². The number of halogens is 1. The van der Waals surface area contributed by atoms with Gasteiger partial charge in [-0.3, -0.25) is 4.79 Å². The smallest absolute Gasteiger partial charge is 0.159 e. The molecule has 0 amide bonds. The molecule has 4 nitrogen and oxygen atoms in total. The Morgan fingerprint density at radius 2 is 1.68 bits per heavy atom. The first-order valence-electron chi connectivity index (χ1n) is 6.86. The lowest BCUT2D eigenvalue weighted by atomic mass is 10.1. The molecule has 2 aromatic carbocycles. The summed E-state index contributed by atoms with van der Waals surface area (Å²) in [6.07, 6.45) is 0. The fourth-order valence-corrected chi connectivity index (χ4v) is 2.29. The van der Waals surface area contributed by atoms with E-state index < -0.39 is 0 Å². The molecule has 0 radical (unpaired) electrons. The Morgan fingerprint density at radius 3 is 2.27 bits per heavy atom. The molecule has 0 unspecified atom stereocenters. The molecule has 0 fully saturated rings. The first-order chi connectivity index (χ1) is 10.6. The molecule has 0 saturated heterocycles. The minimum Gasteiger partial charge on any atom is -0.295 e. The fourth-order valence-electron chi connectivity index (χ4n) is 2.29. The number of ketones is 1. The van der Waals surface area contributed by atoms with Crippen LogP contribution >= 0.6 is 0 Å². The summed E-state index contributed by atoms with van der Waals surface area (Å²) >= 11 is 0. The van der Waals surface area contributed by atoms with Crippen LogP contribution in [0.1, 0.15) is 23.0 Å². The zero-order valence-corrected chi connectivity index (χ0v) is 12.2. The first kappa shape index (κ1) is 14.1. The molecule has 0 aliphatic heterocycles. The van der Waals surface area contributed by atoms with E-state index in [0.717, 1.165) is 22.6 Å². The maximum Gasteiger partial charge on any atom is 0.159 e. The molecule has 1 heterocycles. The molecule has 3 aromatic rings. The van der Waals surface area contributed by atoms with Gasteiger partial charge < -0.3 is 0 Å². The second-order valence-corrected chi connectivity index (χ2v) is 5.05. The molecule has 1 aromatic heterocycles. The molecule has 0 aliphatic rings. The summed E-state index contributed by atoms with van der Waals surface area (Å²) in [7, 11) is 0. The number of nitrogens with zero attached hydrogens (tertiary/aromatic N) is 3. The quantitative estimate of drug-likeness (QED) is 0.694. The molecule has 0 saturated carbocycles. The van der Waals surface area contributed by atoms with Crippen molar-refractivity contribution in [3.63, 3.8) is 0 Å². The van der Waals surface area contributed by atoms with Gasteiger partial charge in [0.05, 0.1) is 11.4 Å². The topological polar surface area (TPSA) is 47.8 Å². The zero-order valence-electron chi connectivity index (χ0n) is 12.2. The van der Waals surface area contributed by atoms with Crippen molar-refractivity contribution in [2.75, 3.05) is 0 Å². The minimum atomic E-state index is -0.290. The van der Waals surface area contributed by atoms with Gasteiger partial charge in [0.2, 0.25) is 0 Å². The van der Waals surface area contributed by atoms with Gasteiger partial charge in [0.1, 0.15) is 11.5 Å². The lowest BCUT2D eigenvalue weighted by molar-refractivity contribution is 0.101.